The number of anilines is 1. The molecule has 1 saturated heterocycles. The van der Waals surface area contributed by atoms with Crippen molar-refractivity contribution in [2.75, 3.05) is 11.4 Å². The van der Waals surface area contributed by atoms with Crippen molar-refractivity contribution in [2.45, 2.75) is 70.9 Å². The summed E-state index contributed by atoms with van der Waals surface area (Å²) in [6.07, 6.45) is 6.99. The number of aromatic nitrogens is 3. The van der Waals surface area contributed by atoms with Gasteiger partial charge < -0.3 is 10.0 Å². The van der Waals surface area contributed by atoms with E-state index in [9.17, 15) is 14.4 Å². The first-order valence-electron chi connectivity index (χ1n) is 12.3. The number of hydrogen-bond donors (Lipinski definition) is 1. The molecule has 0 amide bonds. The molecule has 4 rings (SSSR count). The van der Waals surface area contributed by atoms with Crippen LogP contribution in [0, 0.1) is 0 Å². The number of carboxylic acids is 1. The Morgan fingerprint density at radius 2 is 1.91 bits per heavy atom. The van der Waals surface area contributed by atoms with Gasteiger partial charge in [0.15, 0.2) is 5.78 Å². The molecule has 0 unspecified atom stereocenters. The van der Waals surface area contributed by atoms with E-state index in [4.69, 9.17) is 21.7 Å². The zero-order valence-electron chi connectivity index (χ0n) is 20.0. The predicted molar refractivity (Wildman–Crippen MR) is 136 cm³/mol. The van der Waals surface area contributed by atoms with Crippen LogP contribution in [0.15, 0.2) is 41.3 Å². The second-order valence-electron chi connectivity index (χ2n) is 9.07. The number of carbonyl (C=O) groups is 2. The molecule has 0 aliphatic carbocycles. The minimum Gasteiger partial charge on any atom is -0.481 e. The van der Waals surface area contributed by atoms with E-state index in [1.807, 2.05) is 21.6 Å². The third-order valence-corrected chi connectivity index (χ3v) is 6.83. The van der Waals surface area contributed by atoms with E-state index in [0.29, 0.717) is 41.8 Å². The number of carbonyl (C=O) groups excluding carboxylic acids is 1. The molecule has 3 aromatic rings. The average molecular weight is 499 g/mol. The number of aliphatic carboxylic acids is 1. The maximum atomic E-state index is 13.2. The first-order chi connectivity index (χ1) is 16.9. The van der Waals surface area contributed by atoms with E-state index < -0.39 is 12.0 Å². The van der Waals surface area contributed by atoms with Crippen molar-refractivity contribution in [2.24, 2.45) is 0 Å². The fourth-order valence-corrected chi connectivity index (χ4v) is 4.88. The Morgan fingerprint density at radius 3 is 2.63 bits per heavy atom. The molecule has 1 aromatic carbocycles. The maximum absolute atomic E-state index is 13.2. The van der Waals surface area contributed by atoms with Crippen molar-refractivity contribution >= 4 is 34.9 Å². The largest absolute Gasteiger partial charge is 0.481 e. The Kier molecular flexibility index (Phi) is 7.90. The highest BCUT2D eigenvalue weighted by atomic mass is 35.5. The Labute approximate surface area is 209 Å². The van der Waals surface area contributed by atoms with Crippen LogP contribution < -0.4 is 10.5 Å². The molecule has 1 fully saturated rings. The van der Waals surface area contributed by atoms with Gasteiger partial charge in [0.05, 0.1) is 18.2 Å². The number of benzene rings is 1. The van der Waals surface area contributed by atoms with Crippen molar-refractivity contribution in [1.29, 1.82) is 0 Å². The molecule has 186 valence electrons. The van der Waals surface area contributed by atoms with Crippen LogP contribution in [-0.4, -0.2) is 43.4 Å². The van der Waals surface area contributed by atoms with E-state index in [2.05, 4.69) is 6.92 Å². The minimum atomic E-state index is -0.981. The van der Waals surface area contributed by atoms with Crippen molar-refractivity contribution in [3.05, 3.63) is 51.9 Å². The quantitative estimate of drug-likeness (QED) is 0.403. The smallest absolute Gasteiger partial charge is 0.303 e. The van der Waals surface area contributed by atoms with Crippen LogP contribution in [0.25, 0.3) is 17.0 Å². The van der Waals surface area contributed by atoms with E-state index in [-0.39, 0.29) is 24.2 Å². The molecule has 9 heteroatoms. The lowest BCUT2D eigenvalue weighted by Gasteiger charge is -2.37. The van der Waals surface area contributed by atoms with Gasteiger partial charge in [-0.1, -0.05) is 43.5 Å². The highest BCUT2D eigenvalue weighted by molar-refractivity contribution is 6.30. The fourth-order valence-electron chi connectivity index (χ4n) is 4.75. The van der Waals surface area contributed by atoms with Crippen molar-refractivity contribution in [3.8, 4) is 11.3 Å². The maximum Gasteiger partial charge on any atom is 0.303 e. The van der Waals surface area contributed by atoms with Gasteiger partial charge in [-0.2, -0.15) is 0 Å². The molecule has 1 atom stereocenters. The number of rotatable bonds is 10. The Hall–Kier alpha value is -3.13. The van der Waals surface area contributed by atoms with Gasteiger partial charge in [-0.3, -0.25) is 23.4 Å². The van der Waals surface area contributed by atoms with Gasteiger partial charge in [-0.15, -0.1) is 0 Å². The van der Waals surface area contributed by atoms with Crippen LogP contribution in [0.2, 0.25) is 5.02 Å². The Morgan fingerprint density at radius 1 is 1.14 bits per heavy atom. The van der Waals surface area contributed by atoms with Gasteiger partial charge in [0, 0.05) is 42.4 Å². The van der Waals surface area contributed by atoms with Gasteiger partial charge in [-0.05, 0) is 37.8 Å². The summed E-state index contributed by atoms with van der Waals surface area (Å²) >= 11 is 6.04. The fraction of sp³-hybridized carbons (Fsp3) is 0.462. The van der Waals surface area contributed by atoms with Crippen molar-refractivity contribution in [3.63, 3.8) is 0 Å². The van der Waals surface area contributed by atoms with Crippen LogP contribution >= 0.6 is 11.6 Å². The molecule has 35 heavy (non-hydrogen) atoms. The molecular weight excluding hydrogens is 468 g/mol. The van der Waals surface area contributed by atoms with Crippen LogP contribution in [0.4, 0.5) is 5.82 Å². The van der Waals surface area contributed by atoms with Crippen LogP contribution in [0.3, 0.4) is 0 Å². The average Bonchev–Trinajstić information content (AvgIpc) is 3.30. The number of halogens is 1. The van der Waals surface area contributed by atoms with Crippen LogP contribution in [-0.2, 0) is 16.1 Å². The third-order valence-electron chi connectivity index (χ3n) is 6.57. The van der Waals surface area contributed by atoms with Crippen molar-refractivity contribution < 1.29 is 14.7 Å². The first-order valence-corrected chi connectivity index (χ1v) is 12.7. The molecule has 3 heterocycles. The van der Waals surface area contributed by atoms with Crippen molar-refractivity contribution in [1.82, 2.24) is 14.0 Å². The van der Waals surface area contributed by atoms with Gasteiger partial charge >= 0.3 is 5.97 Å². The summed E-state index contributed by atoms with van der Waals surface area (Å²) in [7, 11) is 0. The number of piperidine rings is 1. The van der Waals surface area contributed by atoms with Gasteiger partial charge in [0.2, 0.25) is 5.78 Å². The summed E-state index contributed by atoms with van der Waals surface area (Å²) in [5.74, 6) is 0.145. The summed E-state index contributed by atoms with van der Waals surface area (Å²) < 4.78 is 3.60. The molecule has 0 spiro atoms. The molecule has 0 saturated carbocycles. The van der Waals surface area contributed by atoms with Gasteiger partial charge in [0.1, 0.15) is 5.82 Å². The number of nitrogens with zero attached hydrogens (tertiary/aromatic N) is 4. The normalized spacial score (nSPS) is 16.1. The molecule has 2 aromatic heterocycles. The molecule has 1 aliphatic rings. The number of fused-ring (bicyclic) bond motifs is 1. The number of ketones is 1. The molecule has 0 radical (unpaired) electrons. The molecule has 1 aliphatic heterocycles. The zero-order chi connectivity index (χ0) is 24.9. The van der Waals surface area contributed by atoms with E-state index in [0.717, 1.165) is 37.7 Å². The van der Waals surface area contributed by atoms with Crippen LogP contribution in [0.5, 0.6) is 0 Å². The topological polar surface area (TPSA) is 96.9 Å². The van der Waals surface area contributed by atoms with E-state index in [1.165, 1.54) is 0 Å². The highest BCUT2D eigenvalue weighted by Gasteiger charge is 2.31. The van der Waals surface area contributed by atoms with Gasteiger partial charge in [-0.25, -0.2) is 4.98 Å². The second kappa shape index (κ2) is 11.1. The summed E-state index contributed by atoms with van der Waals surface area (Å²) in [6.45, 7) is 3.44. The minimum absolute atomic E-state index is 0.0110. The second-order valence-corrected chi connectivity index (χ2v) is 9.50. The summed E-state index contributed by atoms with van der Waals surface area (Å²) in [5.41, 5.74) is 1.32. The standard InChI is InChI=1S/C26H31ClN4O4/c1-2-3-5-15-30-23(29-14-6-4-7-21(29)22(32)12-13-25(34)35)16-24(33)31-17-20(28-26(30)31)18-8-10-19(27)11-9-18/h8-11,16-17,21H,2-7,12-15H2,1H3,(H,34,35)/t21-/m1/s1. The van der Waals surface area contributed by atoms with E-state index in [1.54, 1.807) is 28.8 Å². The molecule has 1 N–H and O–H groups in total. The number of unbranched alkanes of at least 4 members (excludes halogenated alkanes) is 2. The number of imidazole rings is 1. The number of hydrogen-bond acceptors (Lipinski definition) is 5. The van der Waals surface area contributed by atoms with Gasteiger partial charge in [0.25, 0.3) is 5.56 Å². The first kappa shape index (κ1) is 25.0. The lowest BCUT2D eigenvalue weighted by molar-refractivity contribution is -0.138. The highest BCUT2D eigenvalue weighted by Crippen LogP contribution is 2.28. The lowest BCUT2D eigenvalue weighted by Crippen LogP contribution is -2.46. The summed E-state index contributed by atoms with van der Waals surface area (Å²) in [6, 6.07) is 8.49. The number of aryl methyl sites for hydroxylation is 1. The Balaban J connectivity index is 1.80. The van der Waals surface area contributed by atoms with Crippen LogP contribution in [0.1, 0.15) is 58.3 Å². The molecule has 0 bridgehead atoms. The lowest BCUT2D eigenvalue weighted by atomic mass is 9.96. The molecule has 8 nitrogen and oxygen atoms in total. The number of Topliss-reactive ketones (excluding diaryl/α,β-unsaturated/α-hetero) is 1. The SMILES string of the molecule is CCCCCn1c(N2CCCC[C@@H]2C(=O)CCC(=O)O)cc(=O)n2cc(-c3ccc(Cl)cc3)nc12. The molecular formula is C26H31ClN4O4. The predicted octanol–water partition coefficient (Wildman–Crippen LogP) is 4.80. The number of carboxylic acid groups (broad SMARTS) is 1. The monoisotopic (exact) mass is 498 g/mol. The zero-order valence-corrected chi connectivity index (χ0v) is 20.7. The Bertz CT molecular complexity index is 1260. The third kappa shape index (κ3) is 5.59. The van der Waals surface area contributed by atoms with E-state index >= 15 is 0 Å². The summed E-state index contributed by atoms with van der Waals surface area (Å²) in [4.78, 5) is 44.1. The summed E-state index contributed by atoms with van der Waals surface area (Å²) in [5, 5.41) is 9.67.